The Morgan fingerprint density at radius 1 is 1.07 bits per heavy atom. The van der Waals surface area contributed by atoms with Gasteiger partial charge in [-0.15, -0.1) is 0 Å². The maximum atomic E-state index is 13.0. The number of carbonyl (C=O) groups excluding carboxylic acids is 3. The van der Waals surface area contributed by atoms with Crippen molar-refractivity contribution in [1.29, 1.82) is 0 Å². The first-order valence-corrected chi connectivity index (χ1v) is 9.82. The molecule has 7 nitrogen and oxygen atoms in total. The van der Waals surface area contributed by atoms with Crippen molar-refractivity contribution >= 4 is 23.5 Å². The van der Waals surface area contributed by atoms with Crippen molar-refractivity contribution in [3.8, 4) is 5.75 Å². The number of anilines is 1. The molecule has 2 amide bonds. The van der Waals surface area contributed by atoms with Gasteiger partial charge in [-0.25, -0.2) is 4.79 Å². The number of aryl methyl sites for hydroxylation is 1. The summed E-state index contributed by atoms with van der Waals surface area (Å²) in [6, 6.07) is 13.2. The lowest BCUT2D eigenvalue weighted by atomic mass is 9.97. The molecule has 0 aromatic heterocycles. The van der Waals surface area contributed by atoms with E-state index in [0.717, 1.165) is 12.0 Å². The standard InChI is InChI=1S/C23H28N2O5/c1-5-15(2)21(25-22(27)17-9-7-6-8-10-17)23(28)24-19-12-11-18(13-16(19)3)30-14-20(26)29-4/h6-13,15,21H,5,14H2,1-4H3,(H,24,28)(H,25,27). The highest BCUT2D eigenvalue weighted by molar-refractivity contribution is 6.01. The highest BCUT2D eigenvalue weighted by Gasteiger charge is 2.26. The van der Waals surface area contributed by atoms with Gasteiger partial charge >= 0.3 is 5.97 Å². The monoisotopic (exact) mass is 412 g/mol. The zero-order valence-corrected chi connectivity index (χ0v) is 17.7. The fourth-order valence-electron chi connectivity index (χ4n) is 2.79. The van der Waals surface area contributed by atoms with Crippen LogP contribution < -0.4 is 15.4 Å². The zero-order valence-electron chi connectivity index (χ0n) is 17.7. The first-order valence-electron chi connectivity index (χ1n) is 9.82. The summed E-state index contributed by atoms with van der Waals surface area (Å²) in [5, 5.41) is 5.73. The molecule has 160 valence electrons. The number of rotatable bonds is 9. The van der Waals surface area contributed by atoms with Crippen LogP contribution in [0.2, 0.25) is 0 Å². The average Bonchev–Trinajstić information content (AvgIpc) is 2.77. The minimum absolute atomic E-state index is 0.0550. The molecule has 0 radical (unpaired) electrons. The predicted molar refractivity (Wildman–Crippen MR) is 114 cm³/mol. The molecular formula is C23H28N2O5. The molecule has 0 aliphatic heterocycles. The average molecular weight is 412 g/mol. The third kappa shape index (κ3) is 6.34. The van der Waals surface area contributed by atoms with E-state index in [-0.39, 0.29) is 24.3 Å². The molecule has 0 spiro atoms. The van der Waals surface area contributed by atoms with Crippen LogP contribution in [0.1, 0.15) is 36.2 Å². The van der Waals surface area contributed by atoms with Crippen LogP contribution in [0.15, 0.2) is 48.5 Å². The van der Waals surface area contributed by atoms with Crippen LogP contribution in [0.5, 0.6) is 5.75 Å². The number of carbonyl (C=O) groups is 3. The third-order valence-electron chi connectivity index (χ3n) is 4.86. The summed E-state index contributed by atoms with van der Waals surface area (Å²) in [6.07, 6.45) is 0.729. The molecule has 0 aliphatic rings. The molecule has 2 aromatic carbocycles. The number of benzene rings is 2. The molecule has 0 saturated heterocycles. The van der Waals surface area contributed by atoms with Crippen LogP contribution in [0.3, 0.4) is 0 Å². The second kappa shape index (κ2) is 11.0. The van der Waals surface area contributed by atoms with E-state index in [4.69, 9.17) is 4.74 Å². The van der Waals surface area contributed by atoms with Crippen molar-refractivity contribution in [1.82, 2.24) is 5.32 Å². The van der Waals surface area contributed by atoms with Gasteiger partial charge in [0.15, 0.2) is 6.61 Å². The summed E-state index contributed by atoms with van der Waals surface area (Å²) < 4.78 is 9.91. The van der Waals surface area contributed by atoms with Crippen LogP contribution in [0.4, 0.5) is 5.69 Å². The molecule has 0 heterocycles. The Kier molecular flexibility index (Phi) is 8.41. The Hall–Kier alpha value is -3.35. The van der Waals surface area contributed by atoms with Gasteiger partial charge in [-0.1, -0.05) is 38.5 Å². The highest BCUT2D eigenvalue weighted by atomic mass is 16.6. The van der Waals surface area contributed by atoms with Gasteiger partial charge < -0.3 is 20.1 Å². The first-order chi connectivity index (χ1) is 14.3. The van der Waals surface area contributed by atoms with Gasteiger partial charge in [0.05, 0.1) is 7.11 Å². The quantitative estimate of drug-likeness (QED) is 0.616. The van der Waals surface area contributed by atoms with E-state index in [9.17, 15) is 14.4 Å². The van der Waals surface area contributed by atoms with Gasteiger partial charge in [-0.3, -0.25) is 9.59 Å². The second-order valence-corrected chi connectivity index (χ2v) is 7.03. The van der Waals surface area contributed by atoms with Gasteiger partial charge in [0.2, 0.25) is 5.91 Å². The Morgan fingerprint density at radius 3 is 2.37 bits per heavy atom. The summed E-state index contributed by atoms with van der Waals surface area (Å²) in [5.74, 6) is -0.623. The fourth-order valence-corrected chi connectivity index (χ4v) is 2.79. The topological polar surface area (TPSA) is 93.7 Å². The maximum absolute atomic E-state index is 13.0. The van der Waals surface area contributed by atoms with E-state index < -0.39 is 12.0 Å². The molecule has 2 N–H and O–H groups in total. The van der Waals surface area contributed by atoms with E-state index in [0.29, 0.717) is 17.0 Å². The second-order valence-electron chi connectivity index (χ2n) is 7.03. The molecule has 2 unspecified atom stereocenters. The Bertz CT molecular complexity index is 882. The van der Waals surface area contributed by atoms with Crippen LogP contribution >= 0.6 is 0 Å². The molecule has 0 bridgehead atoms. The third-order valence-corrected chi connectivity index (χ3v) is 4.86. The van der Waals surface area contributed by atoms with Crippen LogP contribution in [-0.4, -0.2) is 37.5 Å². The molecule has 0 saturated carbocycles. The summed E-state index contributed by atoms with van der Waals surface area (Å²) in [5.41, 5.74) is 1.87. The van der Waals surface area contributed by atoms with Crippen LogP contribution in [-0.2, 0) is 14.3 Å². The van der Waals surface area contributed by atoms with Crippen LogP contribution in [0, 0.1) is 12.8 Å². The summed E-state index contributed by atoms with van der Waals surface area (Å²) >= 11 is 0. The van der Waals surface area contributed by atoms with Crippen molar-refractivity contribution < 1.29 is 23.9 Å². The molecule has 7 heteroatoms. The lowest BCUT2D eigenvalue weighted by molar-refractivity contribution is -0.142. The van der Waals surface area contributed by atoms with Crippen molar-refractivity contribution in [2.45, 2.75) is 33.2 Å². The summed E-state index contributed by atoms with van der Waals surface area (Å²) in [4.78, 5) is 36.7. The van der Waals surface area contributed by atoms with Gasteiger partial charge in [0, 0.05) is 11.3 Å². The number of amides is 2. The van der Waals surface area contributed by atoms with E-state index in [1.807, 2.05) is 26.8 Å². The summed E-state index contributed by atoms with van der Waals surface area (Å²) in [6.45, 7) is 5.52. The molecule has 0 aliphatic carbocycles. The summed E-state index contributed by atoms with van der Waals surface area (Å²) in [7, 11) is 1.29. The first kappa shape index (κ1) is 22.9. The molecule has 30 heavy (non-hydrogen) atoms. The van der Waals surface area contributed by atoms with Gasteiger partial charge in [0.25, 0.3) is 5.91 Å². The molecule has 0 fully saturated rings. The van der Waals surface area contributed by atoms with E-state index >= 15 is 0 Å². The van der Waals surface area contributed by atoms with E-state index in [1.165, 1.54) is 7.11 Å². The molecule has 2 atom stereocenters. The van der Waals surface area contributed by atoms with Crippen molar-refractivity contribution in [2.24, 2.45) is 5.92 Å². The van der Waals surface area contributed by atoms with Gasteiger partial charge in [-0.2, -0.15) is 0 Å². The van der Waals surface area contributed by atoms with Crippen molar-refractivity contribution in [3.05, 3.63) is 59.7 Å². The Balaban J connectivity index is 2.09. The normalized spacial score (nSPS) is 12.4. The van der Waals surface area contributed by atoms with E-state index in [1.54, 1.807) is 42.5 Å². The molecule has 2 rings (SSSR count). The number of esters is 1. The predicted octanol–water partition coefficient (Wildman–Crippen LogP) is 3.33. The minimum Gasteiger partial charge on any atom is -0.482 e. The molecule has 2 aromatic rings. The zero-order chi connectivity index (χ0) is 22.1. The fraction of sp³-hybridized carbons (Fsp3) is 0.348. The van der Waals surface area contributed by atoms with E-state index in [2.05, 4.69) is 15.4 Å². The lowest BCUT2D eigenvalue weighted by Crippen LogP contribution is -2.47. The number of hydrogen-bond acceptors (Lipinski definition) is 5. The Morgan fingerprint density at radius 2 is 1.77 bits per heavy atom. The number of ether oxygens (including phenoxy) is 2. The lowest BCUT2D eigenvalue weighted by Gasteiger charge is -2.24. The molecular weight excluding hydrogens is 384 g/mol. The van der Waals surface area contributed by atoms with Gasteiger partial charge in [0.1, 0.15) is 11.8 Å². The largest absolute Gasteiger partial charge is 0.482 e. The van der Waals surface area contributed by atoms with Crippen LogP contribution in [0.25, 0.3) is 0 Å². The SMILES string of the molecule is CCC(C)C(NC(=O)c1ccccc1)C(=O)Nc1ccc(OCC(=O)OC)cc1C. The van der Waals surface area contributed by atoms with Crippen molar-refractivity contribution in [2.75, 3.05) is 19.0 Å². The Labute approximate surface area is 176 Å². The number of methoxy groups -OCH3 is 1. The number of hydrogen-bond donors (Lipinski definition) is 2. The van der Waals surface area contributed by atoms with Gasteiger partial charge in [-0.05, 0) is 48.7 Å². The minimum atomic E-state index is -0.683. The van der Waals surface area contributed by atoms with Crippen molar-refractivity contribution in [3.63, 3.8) is 0 Å². The maximum Gasteiger partial charge on any atom is 0.343 e. The number of nitrogens with one attached hydrogen (secondary N) is 2. The smallest absolute Gasteiger partial charge is 0.343 e. The highest BCUT2D eigenvalue weighted by Crippen LogP contribution is 2.22.